The number of aromatic nitrogens is 2. The van der Waals surface area contributed by atoms with Crippen molar-refractivity contribution in [1.29, 1.82) is 0 Å². The first-order valence-corrected chi connectivity index (χ1v) is 15.8. The van der Waals surface area contributed by atoms with Gasteiger partial charge in [-0.3, -0.25) is 0 Å². The molecular weight excluding hydrogens is 545 g/mol. The standard InChI is InChI=1S/C38H24N4S/c1-5-14-30-26(9-1)34-31(41(30)21-16-17-23-22-8-2-6-15-32(22)43-33(23)20-21)19-18-25-24-10-7-11-27-35-38(42(36(24)27)37(25)34)40-29-13-4-3-12-28(29)39-35/h1-6,8-9,11-20,38,40H,7,10H2. The molecule has 0 amide bonds. The van der Waals surface area contributed by atoms with E-state index in [1.807, 2.05) is 11.3 Å². The van der Waals surface area contributed by atoms with E-state index in [4.69, 9.17) is 4.99 Å². The predicted octanol–water partition coefficient (Wildman–Crippen LogP) is 10.1. The number of aliphatic imine (C=N–C) groups is 1. The fourth-order valence-corrected chi connectivity index (χ4v) is 9.17. The Hall–Kier alpha value is -5.13. The van der Waals surface area contributed by atoms with E-state index in [9.17, 15) is 0 Å². The molecule has 2 aliphatic heterocycles. The highest BCUT2D eigenvalue weighted by Gasteiger charge is 2.41. The molecule has 1 aliphatic carbocycles. The fourth-order valence-electron chi connectivity index (χ4n) is 8.03. The Labute approximate surface area is 250 Å². The third-order valence-electron chi connectivity index (χ3n) is 9.75. The summed E-state index contributed by atoms with van der Waals surface area (Å²) in [5.41, 5.74) is 12.4. The van der Waals surface area contributed by atoms with E-state index in [0.29, 0.717) is 0 Å². The van der Waals surface area contributed by atoms with Crippen LogP contribution >= 0.6 is 11.3 Å². The van der Waals surface area contributed by atoms with E-state index in [2.05, 4.69) is 124 Å². The molecule has 1 N–H and O–H groups in total. The number of hydrogen-bond donors (Lipinski definition) is 1. The number of anilines is 1. The maximum absolute atomic E-state index is 5.23. The van der Waals surface area contributed by atoms with Crippen molar-refractivity contribution in [3.63, 3.8) is 0 Å². The van der Waals surface area contributed by atoms with Crippen molar-refractivity contribution < 1.29 is 0 Å². The number of hydrogen-bond acceptors (Lipinski definition) is 3. The van der Waals surface area contributed by atoms with Crippen LogP contribution in [0.4, 0.5) is 11.4 Å². The van der Waals surface area contributed by atoms with Crippen LogP contribution in [0.25, 0.3) is 64.1 Å². The van der Waals surface area contributed by atoms with Crippen LogP contribution in [-0.2, 0) is 6.42 Å². The van der Waals surface area contributed by atoms with Crippen molar-refractivity contribution >= 4 is 86.9 Å². The Balaban J connectivity index is 1.24. The topological polar surface area (TPSA) is 34.2 Å². The summed E-state index contributed by atoms with van der Waals surface area (Å²) >= 11 is 1.88. The summed E-state index contributed by atoms with van der Waals surface area (Å²) in [6, 6.07) is 37.8. The Morgan fingerprint density at radius 3 is 2.53 bits per heavy atom. The number of rotatable bonds is 1. The smallest absolute Gasteiger partial charge is 0.148 e. The molecule has 0 spiro atoms. The summed E-state index contributed by atoms with van der Waals surface area (Å²) in [6.07, 6.45) is 4.49. The number of benzene rings is 5. The van der Waals surface area contributed by atoms with Crippen LogP contribution in [0, 0.1) is 0 Å². The molecule has 8 aromatic rings. The highest BCUT2D eigenvalue weighted by molar-refractivity contribution is 7.25. The Kier molecular flexibility index (Phi) is 4.09. The van der Waals surface area contributed by atoms with E-state index >= 15 is 0 Å². The second-order valence-electron chi connectivity index (χ2n) is 11.9. The SMILES string of the molecule is C1=C2C3=Nc4ccccc4NC3n3c2c(c2ccc4c(c5ccccc5n4-c4ccc5c(c4)sc4ccccc45)c23)CC1. The molecule has 0 fully saturated rings. The van der Waals surface area contributed by atoms with Gasteiger partial charge in [-0.25, -0.2) is 4.99 Å². The van der Waals surface area contributed by atoms with Gasteiger partial charge in [0.05, 0.1) is 39.3 Å². The van der Waals surface area contributed by atoms with E-state index < -0.39 is 0 Å². The highest BCUT2D eigenvalue weighted by atomic mass is 32.1. The lowest BCUT2D eigenvalue weighted by Crippen LogP contribution is -2.24. The van der Waals surface area contributed by atoms with Crippen molar-refractivity contribution in [3.05, 3.63) is 120 Å². The first-order chi connectivity index (χ1) is 21.3. The fraction of sp³-hybridized carbons (Fsp3) is 0.0789. The van der Waals surface area contributed by atoms with Crippen LogP contribution in [0.3, 0.4) is 0 Å². The zero-order chi connectivity index (χ0) is 27.8. The second-order valence-corrected chi connectivity index (χ2v) is 13.0. The second kappa shape index (κ2) is 7.82. The zero-order valence-electron chi connectivity index (χ0n) is 23.1. The van der Waals surface area contributed by atoms with E-state index in [0.717, 1.165) is 29.9 Å². The molecule has 0 saturated carbocycles. The van der Waals surface area contributed by atoms with Crippen LogP contribution in [0.15, 0.2) is 114 Å². The Bertz CT molecular complexity index is 2610. The summed E-state index contributed by atoms with van der Waals surface area (Å²) in [5.74, 6) is 0. The summed E-state index contributed by atoms with van der Waals surface area (Å²) < 4.78 is 7.70. The molecule has 3 aromatic heterocycles. The summed E-state index contributed by atoms with van der Waals surface area (Å²) in [7, 11) is 0. The largest absolute Gasteiger partial charge is 0.358 e. The number of nitrogens with zero attached hydrogens (tertiary/aromatic N) is 3. The molecular formula is C38H24N4S. The molecule has 1 unspecified atom stereocenters. The molecule has 0 saturated heterocycles. The van der Waals surface area contributed by atoms with Gasteiger partial charge < -0.3 is 14.5 Å². The third kappa shape index (κ3) is 2.74. The molecule has 5 heteroatoms. The van der Waals surface area contributed by atoms with E-state index in [-0.39, 0.29) is 6.17 Å². The molecule has 43 heavy (non-hydrogen) atoms. The molecule has 11 rings (SSSR count). The summed E-state index contributed by atoms with van der Waals surface area (Å²) in [4.78, 5) is 5.23. The van der Waals surface area contributed by atoms with Crippen molar-refractivity contribution in [3.8, 4) is 5.69 Å². The van der Waals surface area contributed by atoms with Gasteiger partial charge in [0, 0.05) is 47.6 Å². The minimum absolute atomic E-state index is 0.0203. The number of para-hydroxylation sites is 3. The average molecular weight is 569 g/mol. The first-order valence-electron chi connectivity index (χ1n) is 15.0. The molecule has 0 bridgehead atoms. The van der Waals surface area contributed by atoms with Gasteiger partial charge in [0.25, 0.3) is 0 Å². The predicted molar refractivity (Wildman–Crippen MR) is 182 cm³/mol. The van der Waals surface area contributed by atoms with Gasteiger partial charge in [-0.2, -0.15) is 0 Å². The van der Waals surface area contributed by atoms with Crippen LogP contribution in [0.5, 0.6) is 0 Å². The summed E-state index contributed by atoms with van der Waals surface area (Å²) in [6.45, 7) is 0. The van der Waals surface area contributed by atoms with Crippen LogP contribution in [-0.4, -0.2) is 14.8 Å². The molecule has 202 valence electrons. The zero-order valence-corrected chi connectivity index (χ0v) is 24.0. The maximum atomic E-state index is 5.23. The number of thiophene rings is 1. The van der Waals surface area contributed by atoms with Gasteiger partial charge >= 0.3 is 0 Å². The van der Waals surface area contributed by atoms with Gasteiger partial charge in [-0.05, 0) is 60.9 Å². The monoisotopic (exact) mass is 568 g/mol. The Morgan fingerprint density at radius 2 is 1.56 bits per heavy atom. The molecule has 5 aromatic carbocycles. The lowest BCUT2D eigenvalue weighted by atomic mass is 9.92. The lowest BCUT2D eigenvalue weighted by Gasteiger charge is -2.25. The molecule has 5 heterocycles. The molecule has 0 radical (unpaired) electrons. The van der Waals surface area contributed by atoms with Crippen molar-refractivity contribution in [2.24, 2.45) is 4.99 Å². The number of allylic oxidation sites excluding steroid dienone is 1. The highest BCUT2D eigenvalue weighted by Crippen LogP contribution is 2.51. The van der Waals surface area contributed by atoms with Crippen molar-refractivity contribution in [2.75, 3.05) is 5.32 Å². The van der Waals surface area contributed by atoms with Gasteiger partial charge in [0.2, 0.25) is 0 Å². The van der Waals surface area contributed by atoms with E-state index in [1.165, 1.54) is 75.4 Å². The summed E-state index contributed by atoms with van der Waals surface area (Å²) in [5, 5.41) is 10.5. The maximum Gasteiger partial charge on any atom is 0.148 e. The van der Waals surface area contributed by atoms with Gasteiger partial charge in [-0.1, -0.05) is 66.7 Å². The van der Waals surface area contributed by atoms with Gasteiger partial charge in [0.15, 0.2) is 0 Å². The van der Waals surface area contributed by atoms with Crippen LogP contribution < -0.4 is 5.32 Å². The van der Waals surface area contributed by atoms with Crippen LogP contribution in [0.1, 0.15) is 23.8 Å². The minimum Gasteiger partial charge on any atom is -0.358 e. The number of aryl methyl sites for hydroxylation is 1. The quantitative estimate of drug-likeness (QED) is 0.210. The number of fused-ring (bicyclic) bond motifs is 14. The minimum atomic E-state index is -0.0203. The third-order valence-corrected chi connectivity index (χ3v) is 10.9. The first kappa shape index (κ1) is 22.5. The van der Waals surface area contributed by atoms with Crippen molar-refractivity contribution in [1.82, 2.24) is 9.13 Å². The van der Waals surface area contributed by atoms with Gasteiger partial charge in [0.1, 0.15) is 6.17 Å². The van der Waals surface area contributed by atoms with Gasteiger partial charge in [-0.15, -0.1) is 11.3 Å². The van der Waals surface area contributed by atoms with Crippen LogP contribution in [0.2, 0.25) is 0 Å². The normalized spacial score (nSPS) is 16.9. The lowest BCUT2D eigenvalue weighted by molar-refractivity contribution is 0.750. The molecule has 3 aliphatic rings. The van der Waals surface area contributed by atoms with Crippen molar-refractivity contribution in [2.45, 2.75) is 19.0 Å². The molecule has 4 nitrogen and oxygen atoms in total. The Morgan fingerprint density at radius 1 is 0.744 bits per heavy atom. The number of nitrogens with one attached hydrogen (secondary N) is 1. The average Bonchev–Trinajstić information content (AvgIpc) is 3.78. The molecule has 1 atom stereocenters. The van der Waals surface area contributed by atoms with E-state index in [1.54, 1.807) is 0 Å².